The molecule has 0 radical (unpaired) electrons. The number of nitrogens with one attached hydrogen (secondary N) is 2. The lowest BCUT2D eigenvalue weighted by molar-refractivity contribution is -0.261. The van der Waals surface area contributed by atoms with Crippen LogP contribution < -0.4 is 15.7 Å². The molecule has 1 unspecified atom stereocenters. The van der Waals surface area contributed by atoms with Crippen molar-refractivity contribution in [3.8, 4) is 0 Å². The van der Waals surface area contributed by atoms with Crippen molar-refractivity contribution in [2.45, 2.75) is 98.1 Å². The predicted molar refractivity (Wildman–Crippen MR) is 188 cm³/mol. The fourth-order valence-corrected chi connectivity index (χ4v) is 4.44. The minimum absolute atomic E-state index is 0. The van der Waals surface area contributed by atoms with Crippen LogP contribution in [0.5, 0.6) is 0 Å². The lowest BCUT2D eigenvalue weighted by Crippen LogP contribution is -2.46. The van der Waals surface area contributed by atoms with E-state index < -0.39 is 35.3 Å². The maximum Gasteiger partial charge on any atom is 0.407 e. The SMILES string of the molecule is C.CC(C(=O)OCCCCNC(=O)OCCn1nnnc1[C@@H](COCc1ccccc1)NC(=O)C(C)(C)N=C([O-])OC(C)(C)C)c1ccccc1. The number of aromatic nitrogens is 4. The van der Waals surface area contributed by atoms with Crippen molar-refractivity contribution in [1.82, 2.24) is 30.8 Å². The highest BCUT2D eigenvalue weighted by Gasteiger charge is 2.32. The van der Waals surface area contributed by atoms with Crippen LogP contribution in [0.3, 0.4) is 0 Å². The second kappa shape index (κ2) is 20.6. The lowest BCUT2D eigenvalue weighted by Gasteiger charge is -2.32. The maximum atomic E-state index is 13.4. The Morgan fingerprint density at radius 3 is 2.27 bits per heavy atom. The van der Waals surface area contributed by atoms with Gasteiger partial charge in [-0.05, 0) is 55.2 Å². The van der Waals surface area contributed by atoms with Gasteiger partial charge >= 0.3 is 12.1 Å². The second-order valence-electron chi connectivity index (χ2n) is 13.0. The largest absolute Gasteiger partial charge is 0.595 e. The minimum Gasteiger partial charge on any atom is -0.595 e. The van der Waals surface area contributed by atoms with Crippen LogP contribution in [0.1, 0.15) is 90.7 Å². The Bertz CT molecular complexity index is 1530. The van der Waals surface area contributed by atoms with Crippen molar-refractivity contribution in [3.05, 3.63) is 77.6 Å². The maximum absolute atomic E-state index is 13.4. The van der Waals surface area contributed by atoms with Crippen molar-refractivity contribution in [1.29, 1.82) is 0 Å². The van der Waals surface area contributed by atoms with Crippen LogP contribution in [-0.2, 0) is 41.7 Å². The van der Waals surface area contributed by atoms with Crippen LogP contribution in [0.4, 0.5) is 4.79 Å². The first-order valence-corrected chi connectivity index (χ1v) is 16.5. The third kappa shape index (κ3) is 15.2. The van der Waals surface area contributed by atoms with Crippen molar-refractivity contribution in [3.63, 3.8) is 0 Å². The molecule has 2 aromatic carbocycles. The molecule has 15 nitrogen and oxygen atoms in total. The molecule has 0 aliphatic rings. The zero-order valence-corrected chi connectivity index (χ0v) is 29.6. The number of alkyl carbamates (subject to hydrolysis) is 1. The van der Waals surface area contributed by atoms with Gasteiger partial charge in [0, 0.05) is 12.1 Å². The van der Waals surface area contributed by atoms with Crippen LogP contribution in [0, 0.1) is 0 Å². The average molecular weight is 711 g/mol. The van der Waals surface area contributed by atoms with Crippen LogP contribution in [0.25, 0.3) is 0 Å². The second-order valence-corrected chi connectivity index (χ2v) is 13.0. The van der Waals surface area contributed by atoms with Crippen LogP contribution in [-0.4, -0.2) is 81.8 Å². The molecule has 3 aromatic rings. The summed E-state index contributed by atoms with van der Waals surface area (Å²) in [5.74, 6) is -0.985. The third-order valence-corrected chi connectivity index (χ3v) is 7.17. The Morgan fingerprint density at radius 2 is 1.61 bits per heavy atom. The van der Waals surface area contributed by atoms with Gasteiger partial charge in [-0.3, -0.25) is 14.6 Å². The van der Waals surface area contributed by atoms with Gasteiger partial charge in [-0.2, -0.15) is 0 Å². The number of carbonyl (C=O) groups excluding carboxylic acids is 3. The Balaban J connectivity index is 0.00000901. The van der Waals surface area contributed by atoms with Crippen LogP contribution in [0.15, 0.2) is 65.7 Å². The predicted octanol–water partition coefficient (Wildman–Crippen LogP) is 3.85. The number of tetrazole rings is 1. The number of aliphatic imine (C=N–C) groups is 1. The van der Waals surface area contributed by atoms with E-state index >= 15 is 0 Å². The zero-order valence-electron chi connectivity index (χ0n) is 29.6. The number of ether oxygens (including phenoxy) is 4. The highest BCUT2D eigenvalue weighted by atomic mass is 16.6. The molecule has 51 heavy (non-hydrogen) atoms. The molecular formula is C36H52N7O8-. The standard InChI is InChI=1S/C35H49N7O8.CH4/c1-25(27-17-11-8-12-18-27)30(43)48-21-14-13-19-36-32(45)49-22-20-42-29(39-40-41-42)28(24-47-23-26-15-9-7-10-16-26)37-31(44)35(5,6)38-33(46)50-34(2,3)4;/h7-12,15-18,25,28H,13-14,19-24H2,1-6H3,(H,36,45)(H,37,44)(H,38,46);1H4/p-1/t25?,28-;/m1./s1. The minimum atomic E-state index is -1.48. The smallest absolute Gasteiger partial charge is 0.407 e. The van der Waals surface area contributed by atoms with E-state index in [0.717, 1.165) is 11.1 Å². The molecule has 2 amide bonds. The van der Waals surface area contributed by atoms with E-state index in [1.807, 2.05) is 60.7 Å². The summed E-state index contributed by atoms with van der Waals surface area (Å²) in [5.41, 5.74) is -0.444. The van der Waals surface area contributed by atoms with Gasteiger partial charge in [0.15, 0.2) is 5.82 Å². The van der Waals surface area contributed by atoms with Crippen molar-refractivity contribution >= 4 is 24.1 Å². The first-order chi connectivity index (χ1) is 23.7. The average Bonchev–Trinajstić information content (AvgIpc) is 3.53. The van der Waals surface area contributed by atoms with Gasteiger partial charge in [-0.1, -0.05) is 88.9 Å². The lowest BCUT2D eigenvalue weighted by atomic mass is 10.0. The van der Waals surface area contributed by atoms with E-state index in [-0.39, 0.29) is 58.1 Å². The molecular weight excluding hydrogens is 658 g/mol. The van der Waals surface area contributed by atoms with E-state index in [0.29, 0.717) is 19.4 Å². The molecule has 0 bridgehead atoms. The fourth-order valence-electron chi connectivity index (χ4n) is 4.44. The summed E-state index contributed by atoms with van der Waals surface area (Å²) >= 11 is 0. The molecule has 0 spiro atoms. The summed E-state index contributed by atoms with van der Waals surface area (Å²) in [7, 11) is 0. The molecule has 2 N–H and O–H groups in total. The number of hydrogen-bond acceptors (Lipinski definition) is 12. The highest BCUT2D eigenvalue weighted by molar-refractivity contribution is 5.87. The molecule has 0 saturated heterocycles. The van der Waals surface area contributed by atoms with Crippen LogP contribution >= 0.6 is 0 Å². The summed E-state index contributed by atoms with van der Waals surface area (Å²) in [5, 5.41) is 29.7. The molecule has 1 aromatic heterocycles. The van der Waals surface area contributed by atoms with E-state index in [1.165, 1.54) is 18.5 Å². The molecule has 0 aliphatic carbocycles. The summed E-state index contributed by atoms with van der Waals surface area (Å²) in [6, 6.07) is 18.1. The number of esters is 1. The molecule has 280 valence electrons. The van der Waals surface area contributed by atoms with Gasteiger partial charge in [0.1, 0.15) is 24.3 Å². The number of nitrogens with zero attached hydrogens (tertiary/aromatic N) is 5. The third-order valence-electron chi connectivity index (χ3n) is 7.17. The van der Waals surface area contributed by atoms with E-state index in [2.05, 4.69) is 31.2 Å². The first kappa shape index (κ1) is 42.1. The quantitative estimate of drug-likeness (QED) is 0.0844. The van der Waals surface area contributed by atoms with Gasteiger partial charge in [0.25, 0.3) is 0 Å². The molecule has 0 saturated carbocycles. The monoisotopic (exact) mass is 710 g/mol. The summed E-state index contributed by atoms with van der Waals surface area (Å²) < 4.78 is 23.2. The van der Waals surface area contributed by atoms with Crippen molar-refractivity contribution < 1.29 is 38.4 Å². The number of carbonyl (C=O) groups is 3. The van der Waals surface area contributed by atoms with Gasteiger partial charge < -0.3 is 34.7 Å². The van der Waals surface area contributed by atoms with Gasteiger partial charge in [-0.25, -0.2) is 9.48 Å². The Hall–Kier alpha value is -5.05. The number of amides is 2. The summed E-state index contributed by atoms with van der Waals surface area (Å²) in [6.07, 6.45) is -0.342. The molecule has 3 rings (SSSR count). The number of unbranched alkanes of at least 4 members (excludes halogenated alkanes) is 1. The molecule has 15 heteroatoms. The Labute approximate surface area is 300 Å². The number of hydrogen-bond donors (Lipinski definition) is 2. The zero-order chi connectivity index (χ0) is 36.6. The number of rotatable bonds is 18. The molecule has 1 heterocycles. The van der Waals surface area contributed by atoms with E-state index in [9.17, 15) is 19.5 Å². The van der Waals surface area contributed by atoms with Crippen LogP contribution in [0.2, 0.25) is 0 Å². The highest BCUT2D eigenvalue weighted by Crippen LogP contribution is 2.18. The van der Waals surface area contributed by atoms with Gasteiger partial charge in [0.2, 0.25) is 5.91 Å². The molecule has 0 aliphatic heterocycles. The van der Waals surface area contributed by atoms with E-state index in [1.54, 1.807) is 27.7 Å². The number of benzene rings is 2. The van der Waals surface area contributed by atoms with Gasteiger partial charge in [0.05, 0.1) is 32.3 Å². The summed E-state index contributed by atoms with van der Waals surface area (Å²) in [4.78, 5) is 41.9. The van der Waals surface area contributed by atoms with Gasteiger partial charge in [-0.15, -0.1) is 5.10 Å². The van der Waals surface area contributed by atoms with E-state index in [4.69, 9.17) is 18.9 Å². The Morgan fingerprint density at radius 1 is 0.941 bits per heavy atom. The topological polar surface area (TPSA) is 191 Å². The fraction of sp³-hybridized carbons (Fsp3) is 0.528. The van der Waals surface area contributed by atoms with Crippen molar-refractivity contribution in [2.75, 3.05) is 26.4 Å². The Kier molecular flexibility index (Phi) is 17.0. The normalized spacial score (nSPS) is 12.9. The summed E-state index contributed by atoms with van der Waals surface area (Å²) in [6.45, 7) is 10.7. The first-order valence-electron chi connectivity index (χ1n) is 16.5. The van der Waals surface area contributed by atoms with Crippen molar-refractivity contribution in [2.24, 2.45) is 4.99 Å². The molecule has 0 fully saturated rings. The molecule has 2 atom stereocenters.